The average molecular weight is 533 g/mol. The van der Waals surface area contributed by atoms with E-state index >= 15 is 0 Å². The zero-order valence-electron chi connectivity index (χ0n) is 23.2. The van der Waals surface area contributed by atoms with E-state index in [1.165, 1.54) is 66.8 Å². The number of fused-ring (bicyclic) bond motifs is 14. The fourth-order valence-corrected chi connectivity index (χ4v) is 8.47. The van der Waals surface area contributed by atoms with Crippen LogP contribution in [0.3, 0.4) is 0 Å². The largest absolute Gasteiger partial charge is 0.0647 e. The molecular formula is C42H28. The highest BCUT2D eigenvalue weighted by atomic mass is 14.6. The van der Waals surface area contributed by atoms with Gasteiger partial charge in [0, 0.05) is 0 Å². The summed E-state index contributed by atoms with van der Waals surface area (Å²) in [6.45, 7) is 0. The van der Waals surface area contributed by atoms with Crippen LogP contribution in [0.1, 0.15) is 55.6 Å². The third-order valence-corrected chi connectivity index (χ3v) is 9.86. The lowest BCUT2D eigenvalue weighted by atomic mass is 9.42. The van der Waals surface area contributed by atoms with Gasteiger partial charge in [0.25, 0.3) is 0 Å². The first-order valence-electron chi connectivity index (χ1n) is 14.8. The van der Waals surface area contributed by atoms with E-state index in [0.717, 1.165) is 0 Å². The quantitative estimate of drug-likeness (QED) is 0.183. The van der Waals surface area contributed by atoms with Crippen molar-refractivity contribution in [1.29, 1.82) is 0 Å². The molecule has 42 heavy (non-hydrogen) atoms. The average Bonchev–Trinajstić information content (AvgIpc) is 3.30. The predicted octanol–water partition coefficient (Wildman–Crippen LogP) is 10.0. The van der Waals surface area contributed by atoms with Crippen molar-refractivity contribution in [3.8, 4) is 11.1 Å². The Hall–Kier alpha value is -5.20. The van der Waals surface area contributed by atoms with Crippen molar-refractivity contribution in [3.05, 3.63) is 201 Å². The summed E-state index contributed by atoms with van der Waals surface area (Å²) >= 11 is 0. The van der Waals surface area contributed by atoms with E-state index in [9.17, 15) is 0 Å². The predicted molar refractivity (Wildman–Crippen MR) is 175 cm³/mol. The first kappa shape index (κ1) is 23.5. The number of hydrogen-bond donors (Lipinski definition) is 0. The minimum Gasteiger partial charge on any atom is -0.0619 e. The summed E-state index contributed by atoms with van der Waals surface area (Å²) in [4.78, 5) is 0. The van der Waals surface area contributed by atoms with Gasteiger partial charge in [-0.3, -0.25) is 0 Å². The van der Waals surface area contributed by atoms with Crippen molar-refractivity contribution in [2.24, 2.45) is 0 Å². The lowest BCUT2D eigenvalue weighted by molar-refractivity contribution is 0.413. The summed E-state index contributed by atoms with van der Waals surface area (Å²) in [6.07, 6.45) is 9.30. The number of rotatable bonds is 0. The maximum atomic E-state index is 2.40. The van der Waals surface area contributed by atoms with Gasteiger partial charge in [0.1, 0.15) is 0 Å². The van der Waals surface area contributed by atoms with Gasteiger partial charge in [-0.05, 0) is 66.8 Å². The lowest BCUT2D eigenvalue weighted by Crippen LogP contribution is -2.55. The van der Waals surface area contributed by atoms with Crippen LogP contribution < -0.4 is 0 Å². The molecule has 0 radical (unpaired) electrons. The van der Waals surface area contributed by atoms with Crippen LogP contribution >= 0.6 is 0 Å². The minimum absolute atomic E-state index is 0.577. The Balaban J connectivity index is 1.66. The van der Waals surface area contributed by atoms with Crippen LogP contribution in [0.4, 0.5) is 0 Å². The molecule has 0 aromatic heterocycles. The van der Waals surface area contributed by atoms with Crippen molar-refractivity contribution in [2.45, 2.75) is 10.8 Å². The standard InChI is InChI=1S/C42H28/c1-7-19-35-29(13-1)25-26-30-14-2-8-20-36(30)41(35)39-23-11-5-17-33(39)34-18-6-12-24-40(34)42(41)37-21-9-3-15-31(37)27-28-32-16-4-10-22-38(32)42/h1-28H. The molecule has 0 atom stereocenters. The van der Waals surface area contributed by atoms with Crippen molar-refractivity contribution in [3.63, 3.8) is 0 Å². The van der Waals surface area contributed by atoms with Gasteiger partial charge in [-0.15, -0.1) is 0 Å². The van der Waals surface area contributed by atoms with Gasteiger partial charge in [0.15, 0.2) is 0 Å². The molecule has 0 unspecified atom stereocenters. The van der Waals surface area contributed by atoms with Gasteiger partial charge < -0.3 is 0 Å². The van der Waals surface area contributed by atoms with E-state index in [1.807, 2.05) is 0 Å². The molecule has 0 nitrogen and oxygen atoms in total. The Morgan fingerprint density at radius 1 is 0.238 bits per heavy atom. The summed E-state index contributed by atoms with van der Waals surface area (Å²) < 4.78 is 0. The number of hydrogen-bond acceptors (Lipinski definition) is 0. The van der Waals surface area contributed by atoms with Gasteiger partial charge in [0.05, 0.1) is 10.8 Å². The van der Waals surface area contributed by atoms with E-state index in [1.54, 1.807) is 0 Å². The molecule has 0 saturated carbocycles. The fourth-order valence-electron chi connectivity index (χ4n) is 8.47. The van der Waals surface area contributed by atoms with Gasteiger partial charge in [-0.25, -0.2) is 0 Å². The normalized spacial score (nSPS) is 15.8. The van der Waals surface area contributed by atoms with Crippen LogP contribution in [0, 0.1) is 0 Å². The molecule has 3 aliphatic carbocycles. The zero-order valence-corrected chi connectivity index (χ0v) is 23.2. The monoisotopic (exact) mass is 532 g/mol. The molecule has 0 heterocycles. The highest BCUT2D eigenvalue weighted by Gasteiger charge is 2.63. The molecule has 0 saturated heterocycles. The van der Waals surface area contributed by atoms with Crippen LogP contribution in [-0.4, -0.2) is 0 Å². The third-order valence-electron chi connectivity index (χ3n) is 9.86. The van der Waals surface area contributed by atoms with E-state index in [-0.39, 0.29) is 0 Å². The Morgan fingerprint density at radius 2 is 0.476 bits per heavy atom. The summed E-state index contributed by atoms with van der Waals surface area (Å²) in [5.41, 5.74) is 14.5. The molecule has 0 fully saturated rings. The van der Waals surface area contributed by atoms with Crippen LogP contribution in [0.15, 0.2) is 146 Å². The summed E-state index contributed by atoms with van der Waals surface area (Å²) in [5, 5.41) is 0. The molecule has 0 bridgehead atoms. The highest BCUT2D eigenvalue weighted by molar-refractivity contribution is 5.93. The second-order valence-corrected chi connectivity index (χ2v) is 11.6. The molecule has 2 spiro atoms. The second-order valence-electron chi connectivity index (χ2n) is 11.6. The lowest BCUT2D eigenvalue weighted by Gasteiger charge is -2.57. The second kappa shape index (κ2) is 8.65. The van der Waals surface area contributed by atoms with Gasteiger partial charge >= 0.3 is 0 Å². The summed E-state index contributed by atoms with van der Waals surface area (Å²) in [7, 11) is 0. The Labute approximate surface area is 247 Å². The van der Waals surface area contributed by atoms with E-state index in [4.69, 9.17) is 0 Å². The maximum Gasteiger partial charge on any atom is 0.0647 e. The highest BCUT2D eigenvalue weighted by Crippen LogP contribution is 2.68. The SMILES string of the molecule is C1=Cc2ccccc2C2(c3ccccc31)c1ccccc1-c1ccccc1C21c2ccccc2C=Cc2ccccc21. The van der Waals surface area contributed by atoms with Crippen LogP contribution in [-0.2, 0) is 10.8 Å². The number of benzene rings is 6. The summed E-state index contributed by atoms with van der Waals surface area (Å²) in [5.74, 6) is 0. The molecule has 6 aromatic rings. The first-order valence-corrected chi connectivity index (χ1v) is 14.8. The molecule has 9 rings (SSSR count). The van der Waals surface area contributed by atoms with Crippen LogP contribution in [0.5, 0.6) is 0 Å². The van der Waals surface area contributed by atoms with Gasteiger partial charge in [0.2, 0.25) is 0 Å². The maximum absolute atomic E-state index is 2.40. The Morgan fingerprint density at radius 3 is 0.786 bits per heavy atom. The van der Waals surface area contributed by atoms with Crippen molar-refractivity contribution in [1.82, 2.24) is 0 Å². The summed E-state index contributed by atoms with van der Waals surface area (Å²) in [6, 6.07) is 54.7. The third kappa shape index (κ3) is 2.77. The van der Waals surface area contributed by atoms with Crippen molar-refractivity contribution < 1.29 is 0 Å². The molecule has 0 N–H and O–H groups in total. The Bertz CT molecular complexity index is 1850. The van der Waals surface area contributed by atoms with E-state index < -0.39 is 10.8 Å². The molecule has 196 valence electrons. The zero-order chi connectivity index (χ0) is 27.7. The smallest absolute Gasteiger partial charge is 0.0619 e. The van der Waals surface area contributed by atoms with Crippen LogP contribution in [0.25, 0.3) is 35.4 Å². The van der Waals surface area contributed by atoms with E-state index in [0.29, 0.717) is 0 Å². The minimum atomic E-state index is -0.577. The molecule has 0 aliphatic heterocycles. The van der Waals surface area contributed by atoms with Crippen LogP contribution in [0.2, 0.25) is 0 Å². The molecule has 6 aromatic carbocycles. The van der Waals surface area contributed by atoms with Gasteiger partial charge in [-0.2, -0.15) is 0 Å². The molecular weight excluding hydrogens is 504 g/mol. The van der Waals surface area contributed by atoms with E-state index in [2.05, 4.69) is 170 Å². The molecule has 3 aliphatic rings. The molecule has 0 amide bonds. The Kier molecular flexibility index (Phi) is 4.84. The molecule has 0 heteroatoms. The topological polar surface area (TPSA) is 0 Å². The first-order chi connectivity index (χ1) is 20.8. The van der Waals surface area contributed by atoms with Crippen molar-refractivity contribution in [2.75, 3.05) is 0 Å². The van der Waals surface area contributed by atoms with Gasteiger partial charge in [-0.1, -0.05) is 170 Å². The van der Waals surface area contributed by atoms with Crippen molar-refractivity contribution >= 4 is 24.3 Å². The fraction of sp³-hybridized carbons (Fsp3) is 0.0476.